The number of rotatable bonds is 0. The Balaban J connectivity index is 0. The van der Waals surface area contributed by atoms with E-state index in [4.69, 9.17) is 0 Å². The van der Waals surface area contributed by atoms with Gasteiger partial charge in [0.05, 0.1) is 0 Å². The van der Waals surface area contributed by atoms with E-state index in [9.17, 15) is 0 Å². The zero-order valence-corrected chi connectivity index (χ0v) is 18.7. The average molecular weight is 427 g/mol. The second kappa shape index (κ2) is 10.5. The topological polar surface area (TPSA) is 0 Å². The molecular weight excluding hydrogens is 402 g/mol. The van der Waals surface area contributed by atoms with Gasteiger partial charge >= 0.3 is 26.2 Å². The maximum absolute atomic E-state index is 2.24. The van der Waals surface area contributed by atoms with Gasteiger partial charge in [0.25, 0.3) is 0 Å². The first-order chi connectivity index (χ1) is 9.40. The van der Waals surface area contributed by atoms with Crippen LogP contribution in [0.4, 0.5) is 0 Å². The van der Waals surface area contributed by atoms with E-state index in [1.54, 1.807) is 0 Å². The summed E-state index contributed by atoms with van der Waals surface area (Å²) in [6.07, 6.45) is 0. The van der Waals surface area contributed by atoms with E-state index in [0.717, 1.165) is 0 Å². The molecule has 3 rings (SSSR count). The zero-order valence-electron chi connectivity index (χ0n) is 14.7. The fourth-order valence-electron chi connectivity index (χ4n) is 2.54. The predicted octanol–water partition coefficient (Wildman–Crippen LogP) is -0.180. The van der Waals surface area contributed by atoms with Gasteiger partial charge in [-0.1, -0.05) is 38.8 Å². The summed E-state index contributed by atoms with van der Waals surface area (Å²) in [6, 6.07) is 13.1. The monoisotopic (exact) mass is 424 g/mol. The third-order valence-electron chi connectivity index (χ3n) is 4.43. The van der Waals surface area contributed by atoms with Crippen molar-refractivity contribution in [3.63, 3.8) is 0 Å². The van der Waals surface area contributed by atoms with Gasteiger partial charge in [0, 0.05) is 0 Å². The van der Waals surface area contributed by atoms with Crippen LogP contribution in [0.3, 0.4) is 0 Å². The molecule has 0 bridgehead atoms. The minimum Gasteiger partial charge on any atom is -1.00 e. The number of hydrogen-bond donors (Lipinski definition) is 0. The molecule has 0 atom stereocenters. The fourth-order valence-corrected chi connectivity index (χ4v) is 2.54. The van der Waals surface area contributed by atoms with Gasteiger partial charge in [0.2, 0.25) is 0 Å². The van der Waals surface area contributed by atoms with Gasteiger partial charge in [-0.15, -0.1) is 29.0 Å². The Bertz CT molecular complexity index is 677. The normalized spacial score (nSPS) is 9.13. The molecule has 0 amide bonds. The molecule has 0 fully saturated rings. The van der Waals surface area contributed by atoms with Crippen molar-refractivity contribution < 1.29 is 51.0 Å². The molecule has 0 nitrogen and oxygen atoms in total. The summed E-state index contributed by atoms with van der Waals surface area (Å²) in [5, 5.41) is 2.71. The molecule has 0 aliphatic carbocycles. The van der Waals surface area contributed by atoms with E-state index >= 15 is 0 Å². The Morgan fingerprint density at radius 1 is 0.870 bits per heavy atom. The molecule has 0 radical (unpaired) electrons. The molecular formula is C20H24Cl2Zr. The minimum absolute atomic E-state index is 0. The van der Waals surface area contributed by atoms with Crippen LogP contribution >= 0.6 is 0 Å². The van der Waals surface area contributed by atoms with E-state index in [1.807, 2.05) is 0 Å². The molecule has 23 heavy (non-hydrogen) atoms. The summed E-state index contributed by atoms with van der Waals surface area (Å²) < 4.78 is 0. The van der Waals surface area contributed by atoms with E-state index in [2.05, 4.69) is 77.9 Å². The van der Waals surface area contributed by atoms with E-state index in [-0.39, 0.29) is 51.0 Å². The quantitative estimate of drug-likeness (QED) is 0.438. The first-order valence-electron chi connectivity index (χ1n) is 7.23. The first-order valence-corrected chi connectivity index (χ1v) is 7.23. The molecule has 0 heterocycles. The van der Waals surface area contributed by atoms with Crippen molar-refractivity contribution >= 4 is 10.8 Å². The molecule has 3 aromatic carbocycles. The molecule has 0 unspecified atom stereocenters. The standard InChI is InChI=1S/C11H11.C9H13.2ClH.Zr/c1-8-6-10-4-3-5-11(10)7-9(8)2;1-6-5-7(2)9(4)8(6)3;;;/h3-7H,1-2H3;5H,1-4H3;2*1H;/q2*-1;;;+4/p-2. The van der Waals surface area contributed by atoms with Crippen molar-refractivity contribution in [3.8, 4) is 0 Å². The Hall–Kier alpha value is -0.357. The van der Waals surface area contributed by atoms with Crippen molar-refractivity contribution in [3.05, 3.63) is 69.8 Å². The SMILES string of the molecule is Cc1c[c-](C)c(C)c1C.Cc1cc2cc[cH-]c2cc1C.[Cl-].[Cl-].[Zr+4]. The summed E-state index contributed by atoms with van der Waals surface area (Å²) in [5.74, 6) is 0. The predicted molar refractivity (Wildman–Crippen MR) is 90.0 cm³/mol. The van der Waals surface area contributed by atoms with Gasteiger partial charge in [-0.05, 0) is 13.8 Å². The molecule has 0 aliphatic rings. The molecule has 3 heteroatoms. The summed E-state index contributed by atoms with van der Waals surface area (Å²) in [5.41, 5.74) is 8.50. The smallest absolute Gasteiger partial charge is 1.00 e. The van der Waals surface area contributed by atoms with Crippen molar-refractivity contribution in [2.45, 2.75) is 41.5 Å². The third kappa shape index (κ3) is 5.89. The molecule has 0 aliphatic heterocycles. The number of aryl methyl sites for hydroxylation is 4. The second-order valence-corrected chi connectivity index (χ2v) is 5.85. The summed E-state index contributed by atoms with van der Waals surface area (Å²) >= 11 is 0. The zero-order chi connectivity index (χ0) is 14.9. The van der Waals surface area contributed by atoms with Crippen molar-refractivity contribution in [2.24, 2.45) is 0 Å². The molecule has 0 saturated heterocycles. The minimum atomic E-state index is 0. The van der Waals surface area contributed by atoms with Crippen LogP contribution in [0.5, 0.6) is 0 Å². The summed E-state index contributed by atoms with van der Waals surface area (Å²) in [6.45, 7) is 13.0. The molecule has 0 aromatic heterocycles. The molecule has 0 N–H and O–H groups in total. The van der Waals surface area contributed by atoms with Gasteiger partial charge < -0.3 is 24.8 Å². The van der Waals surface area contributed by atoms with Crippen LogP contribution in [0.2, 0.25) is 0 Å². The van der Waals surface area contributed by atoms with Gasteiger partial charge in [-0.25, -0.2) is 0 Å². The van der Waals surface area contributed by atoms with E-state index in [1.165, 1.54) is 44.2 Å². The van der Waals surface area contributed by atoms with Crippen LogP contribution in [0.15, 0.2) is 36.4 Å². The van der Waals surface area contributed by atoms with Crippen LogP contribution < -0.4 is 24.8 Å². The van der Waals surface area contributed by atoms with Crippen molar-refractivity contribution in [1.29, 1.82) is 0 Å². The maximum atomic E-state index is 2.24. The average Bonchev–Trinajstić information content (AvgIpc) is 2.92. The van der Waals surface area contributed by atoms with Crippen molar-refractivity contribution in [2.75, 3.05) is 0 Å². The molecule has 0 saturated carbocycles. The number of fused-ring (bicyclic) bond motifs is 1. The second-order valence-electron chi connectivity index (χ2n) is 5.85. The van der Waals surface area contributed by atoms with Gasteiger partial charge in [-0.3, -0.25) is 0 Å². The van der Waals surface area contributed by atoms with Crippen LogP contribution in [-0.2, 0) is 26.2 Å². The van der Waals surface area contributed by atoms with Crippen molar-refractivity contribution in [1.82, 2.24) is 0 Å². The van der Waals surface area contributed by atoms with Crippen LogP contribution in [-0.4, -0.2) is 0 Å². The van der Waals surface area contributed by atoms with E-state index in [0.29, 0.717) is 0 Å². The summed E-state index contributed by atoms with van der Waals surface area (Å²) in [4.78, 5) is 0. The maximum Gasteiger partial charge on any atom is 4.00 e. The van der Waals surface area contributed by atoms with Gasteiger partial charge in [-0.2, -0.15) is 40.5 Å². The number of hydrogen-bond acceptors (Lipinski definition) is 0. The molecule has 3 aromatic rings. The first kappa shape index (κ1) is 24.9. The van der Waals surface area contributed by atoms with E-state index < -0.39 is 0 Å². The van der Waals surface area contributed by atoms with Gasteiger partial charge in [0.1, 0.15) is 0 Å². The third-order valence-corrected chi connectivity index (χ3v) is 4.43. The Labute approximate surface area is 172 Å². The Morgan fingerprint density at radius 2 is 1.43 bits per heavy atom. The molecule has 0 spiro atoms. The Kier molecular flexibility index (Phi) is 11.4. The van der Waals surface area contributed by atoms with Gasteiger partial charge in [0.15, 0.2) is 0 Å². The van der Waals surface area contributed by atoms with Crippen LogP contribution in [0, 0.1) is 41.5 Å². The Morgan fingerprint density at radius 3 is 1.87 bits per heavy atom. The largest absolute Gasteiger partial charge is 4.00 e. The number of benzene rings is 1. The van der Waals surface area contributed by atoms with Crippen LogP contribution in [0.1, 0.15) is 33.4 Å². The van der Waals surface area contributed by atoms with Crippen LogP contribution in [0.25, 0.3) is 10.8 Å². The fraction of sp³-hybridized carbons (Fsp3) is 0.300. The number of halogens is 2. The molecule has 122 valence electrons. The summed E-state index contributed by atoms with van der Waals surface area (Å²) in [7, 11) is 0.